The van der Waals surface area contributed by atoms with E-state index in [0.717, 1.165) is 143 Å². The predicted octanol–water partition coefficient (Wildman–Crippen LogP) is 8.83. The maximum Gasteiger partial charge on any atom is 0.319 e. The average molecular weight is 953 g/mol. The number of anilines is 2. The number of aryl methyl sites for hydroxylation is 6. The Morgan fingerprint density at radius 2 is 1.13 bits per heavy atom. The lowest BCUT2D eigenvalue weighted by Crippen LogP contribution is -2.49. The summed E-state index contributed by atoms with van der Waals surface area (Å²) in [6.07, 6.45) is 9.87. The molecule has 0 radical (unpaired) electrons. The lowest BCUT2D eigenvalue weighted by Gasteiger charge is -2.33. The molecular weight excluding hydrogens is 879 g/mol. The summed E-state index contributed by atoms with van der Waals surface area (Å²) in [5.74, 6) is 1.36. The number of tetrazole rings is 2. The number of piperidine rings is 2. The molecule has 2 aliphatic heterocycles. The molecule has 18 heteroatoms. The van der Waals surface area contributed by atoms with Crippen molar-refractivity contribution in [2.45, 2.75) is 84.1 Å². The second-order valence-electron chi connectivity index (χ2n) is 18.1. The highest BCUT2D eigenvalue weighted by molar-refractivity contribution is 5.91. The van der Waals surface area contributed by atoms with Crippen LogP contribution in [-0.4, -0.2) is 114 Å². The number of likely N-dealkylation sites (tertiary alicyclic amines) is 2. The van der Waals surface area contributed by atoms with Crippen LogP contribution in [-0.2, 0) is 39.8 Å². The third-order valence-corrected chi connectivity index (χ3v) is 12.8. The highest BCUT2D eigenvalue weighted by atomic mass is 19.1. The number of carbonyl (C=O) groups excluding carboxylic acids is 2. The fourth-order valence-corrected chi connectivity index (χ4v) is 9.12. The van der Waals surface area contributed by atoms with Crippen molar-refractivity contribution in [2.24, 2.45) is 20.0 Å². The zero-order chi connectivity index (χ0) is 48.5. The van der Waals surface area contributed by atoms with E-state index in [-0.39, 0.29) is 35.4 Å². The first-order valence-corrected chi connectivity index (χ1v) is 24.3. The predicted molar refractivity (Wildman–Crippen MR) is 273 cm³/mol. The van der Waals surface area contributed by atoms with Gasteiger partial charge in [0.1, 0.15) is 11.6 Å². The van der Waals surface area contributed by atoms with Crippen molar-refractivity contribution >= 4 is 23.4 Å². The number of hydrogen-bond acceptors (Lipinski definition) is 10. The Morgan fingerprint density at radius 3 is 1.62 bits per heavy atom. The monoisotopic (exact) mass is 953 g/mol. The molecule has 0 bridgehead atoms. The van der Waals surface area contributed by atoms with Gasteiger partial charge in [-0.05, 0) is 200 Å². The van der Waals surface area contributed by atoms with E-state index in [4.69, 9.17) is 0 Å². The summed E-state index contributed by atoms with van der Waals surface area (Å²) in [5.41, 5.74) is 7.71. The van der Waals surface area contributed by atoms with Crippen molar-refractivity contribution in [1.82, 2.24) is 60.8 Å². The molecule has 0 aliphatic carbocycles. The zero-order valence-electron chi connectivity index (χ0n) is 40.3. The maximum atomic E-state index is 13.1. The molecule has 8 rings (SSSR count). The smallest absolute Gasteiger partial charge is 0.319 e. The minimum Gasteiger partial charge on any atom is -0.338 e. The zero-order valence-corrected chi connectivity index (χ0v) is 40.3. The van der Waals surface area contributed by atoms with Crippen LogP contribution in [0.25, 0.3) is 22.8 Å². The molecule has 6 aromatic rings. The number of rotatable bonds is 17. The van der Waals surface area contributed by atoms with Gasteiger partial charge in [-0.25, -0.2) is 27.7 Å². The minimum absolute atomic E-state index is 0. The van der Waals surface area contributed by atoms with Crippen LogP contribution in [0, 0.1) is 17.6 Å². The first kappa shape index (κ1) is 50.2. The molecular formula is C51H74F2N14O2. The van der Waals surface area contributed by atoms with E-state index < -0.39 is 0 Å². The molecule has 4 aromatic carbocycles. The number of hydrogen-bond donors (Lipinski definition) is 4. The van der Waals surface area contributed by atoms with Gasteiger partial charge in [0.05, 0.1) is 0 Å². The number of halogens is 2. The van der Waals surface area contributed by atoms with E-state index in [9.17, 15) is 18.4 Å². The molecule has 4 heterocycles. The first-order chi connectivity index (χ1) is 33.5. The van der Waals surface area contributed by atoms with Gasteiger partial charge in [0.25, 0.3) is 0 Å². The van der Waals surface area contributed by atoms with Crippen LogP contribution in [0.5, 0.6) is 0 Å². The van der Waals surface area contributed by atoms with E-state index in [0.29, 0.717) is 24.1 Å². The topological polar surface area (TPSA) is 176 Å². The van der Waals surface area contributed by atoms with Crippen molar-refractivity contribution in [3.63, 3.8) is 0 Å². The Morgan fingerprint density at radius 1 is 0.638 bits per heavy atom. The van der Waals surface area contributed by atoms with Gasteiger partial charge in [-0.15, -0.1) is 10.2 Å². The minimum atomic E-state index is -0.201. The van der Waals surface area contributed by atoms with Crippen LogP contribution < -0.4 is 21.3 Å². The summed E-state index contributed by atoms with van der Waals surface area (Å²) >= 11 is 0. The second kappa shape index (κ2) is 25.1. The number of benzene rings is 4. The van der Waals surface area contributed by atoms with Crippen molar-refractivity contribution in [2.75, 3.05) is 56.4 Å². The Kier molecular flexibility index (Phi) is 18.3. The standard InChI is InChI=1S/C26H34FN7O.C25H32FN7O.4H2/c1-3-19-14-22(25-30-31-32-33(25)2)16-24(15-19)29-26(35)28-17-21-7-5-13-34(18-21)12-4-6-20-8-10-23(27)11-9-20;1-3-18-14-20(24-29-30-31-32(24)2)16-23(15-18)28-25(34)27-22-7-5-13-33(17-22)12-4-6-19-8-10-21(26)11-9-19;;;;/h8-11,14-16,21H,3-7,12-13,17-18H2,1-2H3,(H2,28,29,35);8-11,14-16,22H,3-7,12-13,17H2,1-2H3,(H2,27,28,34);4*1H/t21-;22-;;;;/m11..../s1. The lowest BCUT2D eigenvalue weighted by molar-refractivity contribution is 0.171. The quantitative estimate of drug-likeness (QED) is 0.0692. The van der Waals surface area contributed by atoms with Crippen molar-refractivity contribution in [3.05, 3.63) is 119 Å². The molecule has 69 heavy (non-hydrogen) atoms. The Labute approximate surface area is 409 Å². The van der Waals surface area contributed by atoms with E-state index in [1.54, 1.807) is 23.5 Å². The molecule has 16 nitrogen and oxygen atoms in total. The summed E-state index contributed by atoms with van der Waals surface area (Å²) in [5, 5.41) is 35.6. The van der Waals surface area contributed by atoms with Gasteiger partial charge in [0.2, 0.25) is 0 Å². The van der Waals surface area contributed by atoms with Gasteiger partial charge in [-0.1, -0.05) is 38.1 Å². The highest BCUT2D eigenvalue weighted by Gasteiger charge is 2.23. The second-order valence-corrected chi connectivity index (χ2v) is 18.1. The van der Waals surface area contributed by atoms with Gasteiger partial charge < -0.3 is 31.1 Å². The van der Waals surface area contributed by atoms with Gasteiger partial charge >= 0.3 is 12.1 Å². The molecule has 4 N–H and O–H groups in total. The normalized spacial score (nSPS) is 16.3. The molecule has 2 fully saturated rings. The Balaban J connectivity index is 0.000000365. The summed E-state index contributed by atoms with van der Waals surface area (Å²) in [6, 6.07) is 25.0. The average Bonchev–Trinajstić information content (AvgIpc) is 3.99. The maximum absolute atomic E-state index is 13.1. The summed E-state index contributed by atoms with van der Waals surface area (Å²) < 4.78 is 29.4. The Hall–Kier alpha value is -6.66. The van der Waals surface area contributed by atoms with Crippen LogP contribution in [0.1, 0.15) is 80.3 Å². The van der Waals surface area contributed by atoms with Crippen LogP contribution in [0.2, 0.25) is 0 Å². The molecule has 374 valence electrons. The molecule has 4 amide bonds. The molecule has 0 spiro atoms. The first-order valence-electron chi connectivity index (χ1n) is 24.3. The van der Waals surface area contributed by atoms with Crippen LogP contribution in [0.4, 0.5) is 29.7 Å². The molecule has 0 saturated carbocycles. The molecule has 2 saturated heterocycles. The molecule has 2 aromatic heterocycles. The van der Waals surface area contributed by atoms with Gasteiger partial charge in [-0.2, -0.15) is 0 Å². The fourth-order valence-electron chi connectivity index (χ4n) is 9.12. The SMILES string of the molecule is CCc1cc(NC(=O)NC[C@H]2CCCN(CCCc3ccc(F)cc3)C2)cc(-c2nnnn2C)c1.CCc1cc(NC(=O)N[C@@H]2CCCN(CCCc3ccc(F)cc3)C2)cc(-c2nnnn2C)c1.[HH].[HH].[HH].[HH]. The Bertz CT molecular complexity index is 2590. The summed E-state index contributed by atoms with van der Waals surface area (Å²) in [7, 11) is 3.59. The number of nitrogens with zero attached hydrogens (tertiary/aromatic N) is 10. The number of carbonyl (C=O) groups is 2. The molecule has 0 unspecified atom stereocenters. The summed E-state index contributed by atoms with van der Waals surface area (Å²) in [6.45, 7) is 10.7. The summed E-state index contributed by atoms with van der Waals surface area (Å²) in [4.78, 5) is 30.3. The van der Waals surface area contributed by atoms with Crippen LogP contribution in [0.15, 0.2) is 84.9 Å². The van der Waals surface area contributed by atoms with E-state index in [1.807, 2.05) is 60.7 Å². The van der Waals surface area contributed by atoms with E-state index in [1.165, 1.54) is 29.8 Å². The fraction of sp³-hybridized carbons (Fsp3) is 0.451. The number of nitrogens with one attached hydrogen (secondary N) is 4. The van der Waals surface area contributed by atoms with Gasteiger partial charge in [-0.3, -0.25) is 0 Å². The number of urea groups is 2. The van der Waals surface area contributed by atoms with Crippen molar-refractivity contribution in [3.8, 4) is 22.8 Å². The van der Waals surface area contributed by atoms with Crippen molar-refractivity contribution < 1.29 is 24.1 Å². The third-order valence-electron chi connectivity index (χ3n) is 12.8. The lowest BCUT2D eigenvalue weighted by atomic mass is 9.97. The molecule has 2 aliphatic rings. The van der Waals surface area contributed by atoms with Crippen molar-refractivity contribution in [1.29, 1.82) is 0 Å². The largest absolute Gasteiger partial charge is 0.338 e. The highest BCUT2D eigenvalue weighted by Crippen LogP contribution is 2.25. The van der Waals surface area contributed by atoms with Crippen LogP contribution in [0.3, 0.4) is 0 Å². The van der Waals surface area contributed by atoms with Gasteiger partial charge in [0.15, 0.2) is 11.6 Å². The van der Waals surface area contributed by atoms with Crippen LogP contribution >= 0.6 is 0 Å². The van der Waals surface area contributed by atoms with E-state index in [2.05, 4.69) is 76.0 Å². The van der Waals surface area contributed by atoms with Gasteiger partial charge in [0, 0.05) is 68.0 Å². The third kappa shape index (κ3) is 15.4. The number of aromatic nitrogens is 8. The van der Waals surface area contributed by atoms with E-state index >= 15 is 0 Å². The molecule has 2 atom stereocenters. The number of amides is 4.